The van der Waals surface area contributed by atoms with Gasteiger partial charge in [-0.25, -0.2) is 4.98 Å². The molecule has 0 amide bonds. The maximum absolute atomic E-state index is 5.78. The minimum atomic E-state index is 0.285. The van der Waals surface area contributed by atoms with E-state index in [1.165, 1.54) is 6.42 Å². The third kappa shape index (κ3) is 3.07. The molecule has 2 aromatic rings. The Balaban J connectivity index is 1.80. The van der Waals surface area contributed by atoms with Crippen LogP contribution in [0.25, 0.3) is 11.0 Å². The second kappa shape index (κ2) is 5.85. The van der Waals surface area contributed by atoms with Crippen LogP contribution >= 0.6 is 0 Å². The van der Waals surface area contributed by atoms with E-state index < -0.39 is 0 Å². The van der Waals surface area contributed by atoms with Gasteiger partial charge in [-0.15, -0.1) is 0 Å². The van der Waals surface area contributed by atoms with Gasteiger partial charge in [0.2, 0.25) is 5.95 Å². The predicted octanol–water partition coefficient (Wildman–Crippen LogP) is 1.22. The fraction of sp³-hybridized carbons (Fsp3) is 0.643. The molecule has 7 nitrogen and oxygen atoms in total. The lowest BCUT2D eigenvalue weighted by atomic mass is 10.3. The van der Waals surface area contributed by atoms with Crippen LogP contribution in [0.1, 0.15) is 26.2 Å². The zero-order valence-corrected chi connectivity index (χ0v) is 12.4. The van der Waals surface area contributed by atoms with E-state index in [0.29, 0.717) is 11.8 Å². The van der Waals surface area contributed by atoms with Crippen LogP contribution in [0, 0.1) is 11.8 Å². The number of nitrogen functional groups attached to an aromatic ring is 1. The highest BCUT2D eigenvalue weighted by Crippen LogP contribution is 2.38. The van der Waals surface area contributed by atoms with Crippen LogP contribution in [0.15, 0.2) is 6.20 Å². The van der Waals surface area contributed by atoms with Gasteiger partial charge in [0.1, 0.15) is 5.52 Å². The van der Waals surface area contributed by atoms with Gasteiger partial charge >= 0.3 is 0 Å². The lowest BCUT2D eigenvalue weighted by molar-refractivity contribution is 0.536. The number of hydrogen-bond acceptors (Lipinski definition) is 6. The minimum Gasteiger partial charge on any atom is -0.368 e. The molecule has 0 radical (unpaired) electrons. The van der Waals surface area contributed by atoms with Crippen LogP contribution < -0.4 is 16.8 Å². The summed E-state index contributed by atoms with van der Waals surface area (Å²) in [6, 6.07) is 0. The van der Waals surface area contributed by atoms with Gasteiger partial charge in [-0.1, -0.05) is 13.3 Å². The normalized spacial score (nSPS) is 20.9. The van der Waals surface area contributed by atoms with Crippen LogP contribution in [0.3, 0.4) is 0 Å². The number of unbranched alkanes of at least 4 members (excludes halogenated alkanes) is 1. The molecule has 7 heteroatoms. The molecule has 21 heavy (non-hydrogen) atoms. The monoisotopic (exact) mass is 289 g/mol. The number of hydrogen-bond donors (Lipinski definition) is 3. The zero-order chi connectivity index (χ0) is 14.8. The summed E-state index contributed by atoms with van der Waals surface area (Å²) >= 11 is 0. The standard InChI is InChI=1S/C14H23N7/c1-2-3-4-17-13-12-11(18-14(16)19-13)8-21(20-12)7-10-5-9(10)6-15/h8-10H,2-7,15H2,1H3,(H3,16,17,18,19)/t9-,10+/m0/s1. The average Bonchev–Trinajstić information content (AvgIpc) is 3.08. The van der Waals surface area contributed by atoms with Gasteiger partial charge in [0.15, 0.2) is 11.3 Å². The van der Waals surface area contributed by atoms with E-state index in [-0.39, 0.29) is 5.95 Å². The molecule has 2 heterocycles. The Labute approximate surface area is 124 Å². The fourth-order valence-electron chi connectivity index (χ4n) is 2.64. The van der Waals surface area contributed by atoms with Crippen molar-refractivity contribution in [1.29, 1.82) is 0 Å². The summed E-state index contributed by atoms with van der Waals surface area (Å²) in [5, 5.41) is 7.92. The van der Waals surface area contributed by atoms with Crippen LogP contribution in [0.4, 0.5) is 11.8 Å². The van der Waals surface area contributed by atoms with Gasteiger partial charge in [-0.05, 0) is 31.2 Å². The number of anilines is 2. The molecule has 0 spiro atoms. The smallest absolute Gasteiger partial charge is 0.222 e. The highest BCUT2D eigenvalue weighted by Gasteiger charge is 2.36. The van der Waals surface area contributed by atoms with Crippen molar-refractivity contribution in [3.63, 3.8) is 0 Å². The van der Waals surface area contributed by atoms with Crippen LogP contribution in [-0.4, -0.2) is 32.8 Å². The molecule has 0 unspecified atom stereocenters. The van der Waals surface area contributed by atoms with E-state index in [9.17, 15) is 0 Å². The Morgan fingerprint density at radius 3 is 2.95 bits per heavy atom. The summed E-state index contributed by atoms with van der Waals surface area (Å²) < 4.78 is 1.95. The third-order valence-corrected chi connectivity index (χ3v) is 4.04. The molecule has 2 atom stereocenters. The topological polar surface area (TPSA) is 108 Å². The second-order valence-corrected chi connectivity index (χ2v) is 5.79. The highest BCUT2D eigenvalue weighted by atomic mass is 15.3. The summed E-state index contributed by atoms with van der Waals surface area (Å²) in [7, 11) is 0. The number of nitrogens with one attached hydrogen (secondary N) is 1. The van der Waals surface area contributed by atoms with Gasteiger partial charge < -0.3 is 16.8 Å². The third-order valence-electron chi connectivity index (χ3n) is 4.04. The van der Waals surface area contributed by atoms with Gasteiger partial charge in [-0.3, -0.25) is 4.68 Å². The first-order valence-corrected chi connectivity index (χ1v) is 7.66. The largest absolute Gasteiger partial charge is 0.368 e. The van der Waals surface area contributed by atoms with Gasteiger partial charge in [0, 0.05) is 13.1 Å². The molecule has 3 rings (SSSR count). The van der Waals surface area contributed by atoms with E-state index >= 15 is 0 Å². The molecule has 114 valence electrons. The van der Waals surface area contributed by atoms with Crippen LogP contribution in [0.2, 0.25) is 0 Å². The Kier molecular flexibility index (Phi) is 3.92. The number of fused-ring (bicyclic) bond motifs is 1. The number of nitrogens with zero attached hydrogens (tertiary/aromatic N) is 4. The van der Waals surface area contributed by atoms with Crippen molar-refractivity contribution in [3.8, 4) is 0 Å². The van der Waals surface area contributed by atoms with Crippen molar-refractivity contribution in [2.75, 3.05) is 24.1 Å². The molecular formula is C14H23N7. The lowest BCUT2D eigenvalue weighted by Gasteiger charge is -2.05. The van der Waals surface area contributed by atoms with E-state index in [0.717, 1.165) is 49.3 Å². The van der Waals surface area contributed by atoms with Crippen molar-refractivity contribution >= 4 is 22.8 Å². The van der Waals surface area contributed by atoms with Crippen molar-refractivity contribution in [2.24, 2.45) is 17.6 Å². The van der Waals surface area contributed by atoms with Gasteiger partial charge in [0.25, 0.3) is 0 Å². The Morgan fingerprint density at radius 2 is 2.24 bits per heavy atom. The molecule has 2 aromatic heterocycles. The van der Waals surface area contributed by atoms with Crippen LogP contribution in [-0.2, 0) is 6.54 Å². The minimum absolute atomic E-state index is 0.285. The van der Waals surface area contributed by atoms with Gasteiger partial charge in [0.05, 0.1) is 6.20 Å². The van der Waals surface area contributed by atoms with Crippen molar-refractivity contribution in [1.82, 2.24) is 19.7 Å². The summed E-state index contributed by atoms with van der Waals surface area (Å²) in [5.74, 6) is 2.31. The second-order valence-electron chi connectivity index (χ2n) is 5.79. The number of nitrogens with two attached hydrogens (primary N) is 2. The zero-order valence-electron chi connectivity index (χ0n) is 12.4. The Morgan fingerprint density at radius 1 is 1.38 bits per heavy atom. The molecule has 1 aliphatic rings. The highest BCUT2D eigenvalue weighted by molar-refractivity contribution is 5.85. The van der Waals surface area contributed by atoms with Crippen molar-refractivity contribution in [2.45, 2.75) is 32.7 Å². The first kappa shape index (κ1) is 14.1. The molecule has 0 saturated heterocycles. The molecule has 1 saturated carbocycles. The Bertz CT molecular complexity index is 621. The van der Waals surface area contributed by atoms with E-state index in [1.54, 1.807) is 0 Å². The molecule has 0 bridgehead atoms. The number of rotatable bonds is 7. The summed E-state index contributed by atoms with van der Waals surface area (Å²) in [4.78, 5) is 8.54. The van der Waals surface area contributed by atoms with E-state index in [2.05, 4.69) is 27.3 Å². The lowest BCUT2D eigenvalue weighted by Crippen LogP contribution is -2.08. The first-order valence-electron chi connectivity index (χ1n) is 7.66. The van der Waals surface area contributed by atoms with Gasteiger partial charge in [-0.2, -0.15) is 10.1 Å². The van der Waals surface area contributed by atoms with Crippen LogP contribution in [0.5, 0.6) is 0 Å². The number of aromatic nitrogens is 4. The van der Waals surface area contributed by atoms with Crippen molar-refractivity contribution in [3.05, 3.63) is 6.20 Å². The molecule has 0 aromatic carbocycles. The fourth-order valence-corrected chi connectivity index (χ4v) is 2.64. The quantitative estimate of drug-likeness (QED) is 0.661. The maximum atomic E-state index is 5.78. The average molecular weight is 289 g/mol. The molecular weight excluding hydrogens is 266 g/mol. The van der Waals surface area contributed by atoms with E-state index in [4.69, 9.17) is 11.5 Å². The molecule has 1 aliphatic carbocycles. The molecule has 1 fully saturated rings. The maximum Gasteiger partial charge on any atom is 0.222 e. The van der Waals surface area contributed by atoms with E-state index in [1.807, 2.05) is 10.9 Å². The Hall–Kier alpha value is -1.89. The first-order chi connectivity index (χ1) is 10.2. The van der Waals surface area contributed by atoms with Crippen molar-refractivity contribution < 1.29 is 0 Å². The molecule has 0 aliphatic heterocycles. The summed E-state index contributed by atoms with van der Waals surface area (Å²) in [5.41, 5.74) is 13.1. The molecule has 5 N–H and O–H groups in total. The predicted molar refractivity (Wildman–Crippen MR) is 83.8 cm³/mol. The SMILES string of the molecule is CCCCNc1nc(N)nc2cn(C[C@H]3C[C@H]3CN)nc12. The summed E-state index contributed by atoms with van der Waals surface area (Å²) in [6.07, 6.45) is 5.37. The summed E-state index contributed by atoms with van der Waals surface area (Å²) in [6.45, 7) is 4.69.